The Bertz CT molecular complexity index is 459. The van der Waals surface area contributed by atoms with E-state index in [2.05, 4.69) is 5.32 Å². The second kappa shape index (κ2) is 7.44. The predicted octanol–water partition coefficient (Wildman–Crippen LogP) is 1.80. The van der Waals surface area contributed by atoms with Crippen LogP contribution >= 0.6 is 0 Å². The summed E-state index contributed by atoms with van der Waals surface area (Å²) in [6.45, 7) is 4.33. The van der Waals surface area contributed by atoms with Gasteiger partial charge in [0.15, 0.2) is 0 Å². The molecule has 7 heteroatoms. The van der Waals surface area contributed by atoms with Crippen LogP contribution in [-0.4, -0.2) is 23.6 Å². The second-order valence-electron chi connectivity index (χ2n) is 4.79. The average Bonchev–Trinajstić information content (AvgIpc) is 2.42. The van der Waals surface area contributed by atoms with Crippen LogP contribution in [0, 0.1) is 16.0 Å². The van der Waals surface area contributed by atoms with Gasteiger partial charge in [-0.15, -0.1) is 0 Å². The number of nitro groups is 1. The first kappa shape index (κ1) is 15.9. The van der Waals surface area contributed by atoms with E-state index in [0.717, 1.165) is 0 Å². The molecule has 7 nitrogen and oxygen atoms in total. The highest BCUT2D eigenvalue weighted by molar-refractivity contribution is 5.67. The Morgan fingerprint density at radius 3 is 2.50 bits per heavy atom. The number of nitrogens with one attached hydrogen (secondary N) is 1. The molecule has 1 amide bonds. The number of alkyl carbamates (subject to hydrolysis) is 1. The van der Waals surface area contributed by atoms with E-state index in [9.17, 15) is 14.9 Å². The fourth-order valence-electron chi connectivity index (χ4n) is 1.35. The molecule has 0 saturated carbocycles. The number of non-ortho nitro benzene ring substituents is 1. The molecule has 0 unspecified atom stereocenters. The maximum Gasteiger partial charge on any atom is 0.407 e. The molecule has 110 valence electrons. The molecule has 0 aliphatic carbocycles. The standard InChI is InChI=1S/C13H19N3O4/c1-9(2)12(14)7-15-13(17)20-8-10-3-5-11(6-4-10)16(18)19/h3-6,9,12H,7-8,14H2,1-2H3,(H,15,17)/t12-/m0/s1. The second-order valence-corrected chi connectivity index (χ2v) is 4.79. The molecule has 1 aromatic rings. The van der Waals surface area contributed by atoms with Gasteiger partial charge in [0.1, 0.15) is 6.61 Å². The third-order valence-corrected chi connectivity index (χ3v) is 2.86. The number of benzene rings is 1. The Kier molecular flexibility index (Phi) is 5.92. The number of ether oxygens (including phenoxy) is 1. The number of hydrogen-bond acceptors (Lipinski definition) is 5. The molecule has 20 heavy (non-hydrogen) atoms. The highest BCUT2D eigenvalue weighted by Crippen LogP contribution is 2.12. The van der Waals surface area contributed by atoms with E-state index in [4.69, 9.17) is 10.5 Å². The van der Waals surface area contributed by atoms with E-state index in [1.807, 2.05) is 13.8 Å². The zero-order valence-corrected chi connectivity index (χ0v) is 11.5. The highest BCUT2D eigenvalue weighted by Gasteiger charge is 2.10. The first-order valence-corrected chi connectivity index (χ1v) is 6.29. The van der Waals surface area contributed by atoms with Crippen molar-refractivity contribution in [2.45, 2.75) is 26.5 Å². The van der Waals surface area contributed by atoms with Crippen LogP contribution in [0.1, 0.15) is 19.4 Å². The van der Waals surface area contributed by atoms with Gasteiger partial charge in [-0.05, 0) is 23.6 Å². The maximum atomic E-state index is 11.4. The minimum Gasteiger partial charge on any atom is -0.445 e. The van der Waals surface area contributed by atoms with Crippen molar-refractivity contribution in [1.82, 2.24) is 5.32 Å². The number of rotatable bonds is 6. The maximum absolute atomic E-state index is 11.4. The molecule has 3 N–H and O–H groups in total. The lowest BCUT2D eigenvalue weighted by Crippen LogP contribution is -2.40. The average molecular weight is 281 g/mol. The van der Waals surface area contributed by atoms with Crippen LogP contribution in [-0.2, 0) is 11.3 Å². The number of carbonyl (C=O) groups excluding carboxylic acids is 1. The molecule has 0 aliphatic heterocycles. The van der Waals surface area contributed by atoms with Crippen LogP contribution in [0.15, 0.2) is 24.3 Å². The van der Waals surface area contributed by atoms with Gasteiger partial charge in [-0.25, -0.2) is 4.79 Å². The number of amides is 1. The van der Waals surface area contributed by atoms with Crippen molar-refractivity contribution in [2.24, 2.45) is 11.7 Å². The van der Waals surface area contributed by atoms with Gasteiger partial charge in [0, 0.05) is 24.7 Å². The zero-order chi connectivity index (χ0) is 15.1. The van der Waals surface area contributed by atoms with Crippen molar-refractivity contribution in [3.63, 3.8) is 0 Å². The van der Waals surface area contributed by atoms with Crippen molar-refractivity contribution in [2.75, 3.05) is 6.54 Å². The van der Waals surface area contributed by atoms with Crippen LogP contribution in [0.2, 0.25) is 0 Å². The molecule has 0 bridgehead atoms. The minimum atomic E-state index is -0.556. The van der Waals surface area contributed by atoms with Gasteiger partial charge in [-0.2, -0.15) is 0 Å². The van der Waals surface area contributed by atoms with Crippen molar-refractivity contribution in [1.29, 1.82) is 0 Å². The molecule has 0 saturated heterocycles. The van der Waals surface area contributed by atoms with Crippen LogP contribution in [0.25, 0.3) is 0 Å². The Balaban J connectivity index is 2.35. The Labute approximate surface area is 117 Å². The number of nitrogens with two attached hydrogens (primary N) is 1. The Morgan fingerprint density at radius 1 is 1.40 bits per heavy atom. The quantitative estimate of drug-likeness (QED) is 0.610. The summed E-state index contributed by atoms with van der Waals surface area (Å²) in [5.41, 5.74) is 6.46. The van der Waals surface area contributed by atoms with E-state index < -0.39 is 11.0 Å². The molecule has 1 aromatic carbocycles. The van der Waals surface area contributed by atoms with Gasteiger partial charge < -0.3 is 15.8 Å². The fraction of sp³-hybridized carbons (Fsp3) is 0.462. The summed E-state index contributed by atoms with van der Waals surface area (Å²) in [6.07, 6.45) is -0.556. The van der Waals surface area contributed by atoms with Crippen LogP contribution < -0.4 is 11.1 Å². The monoisotopic (exact) mass is 281 g/mol. The van der Waals surface area contributed by atoms with E-state index in [1.54, 1.807) is 12.1 Å². The first-order valence-electron chi connectivity index (χ1n) is 6.29. The highest BCUT2D eigenvalue weighted by atomic mass is 16.6. The third-order valence-electron chi connectivity index (χ3n) is 2.86. The predicted molar refractivity (Wildman–Crippen MR) is 74.1 cm³/mol. The molecular weight excluding hydrogens is 262 g/mol. The third kappa shape index (κ3) is 5.23. The van der Waals surface area contributed by atoms with E-state index in [0.29, 0.717) is 12.1 Å². The van der Waals surface area contributed by atoms with Gasteiger partial charge in [-0.1, -0.05) is 13.8 Å². The lowest BCUT2D eigenvalue weighted by molar-refractivity contribution is -0.384. The summed E-state index contributed by atoms with van der Waals surface area (Å²) in [7, 11) is 0. The molecule has 0 radical (unpaired) electrons. The molecule has 0 fully saturated rings. The molecule has 1 atom stereocenters. The van der Waals surface area contributed by atoms with Crippen LogP contribution in [0.5, 0.6) is 0 Å². The van der Waals surface area contributed by atoms with Crippen molar-refractivity contribution in [3.8, 4) is 0 Å². The summed E-state index contributed by atoms with van der Waals surface area (Å²) in [5, 5.41) is 13.0. The SMILES string of the molecule is CC(C)[C@@H](N)CNC(=O)OCc1ccc([N+](=O)[O-])cc1. The lowest BCUT2D eigenvalue weighted by Gasteiger charge is -2.16. The number of hydrogen-bond donors (Lipinski definition) is 2. The smallest absolute Gasteiger partial charge is 0.407 e. The lowest BCUT2D eigenvalue weighted by atomic mass is 10.1. The zero-order valence-electron chi connectivity index (χ0n) is 11.5. The molecule has 0 aliphatic rings. The Morgan fingerprint density at radius 2 is 2.00 bits per heavy atom. The van der Waals surface area contributed by atoms with Crippen molar-refractivity contribution in [3.05, 3.63) is 39.9 Å². The minimum absolute atomic E-state index is 0.00103. The summed E-state index contributed by atoms with van der Waals surface area (Å²) in [4.78, 5) is 21.4. The summed E-state index contributed by atoms with van der Waals surface area (Å²) < 4.78 is 4.98. The van der Waals surface area contributed by atoms with Gasteiger partial charge >= 0.3 is 6.09 Å². The van der Waals surface area contributed by atoms with Crippen molar-refractivity contribution < 1.29 is 14.5 Å². The number of nitrogens with zero attached hydrogens (tertiary/aromatic N) is 1. The van der Waals surface area contributed by atoms with Crippen LogP contribution in [0.4, 0.5) is 10.5 Å². The van der Waals surface area contributed by atoms with Crippen LogP contribution in [0.3, 0.4) is 0 Å². The van der Waals surface area contributed by atoms with Gasteiger partial charge in [-0.3, -0.25) is 10.1 Å². The molecule has 1 rings (SSSR count). The van der Waals surface area contributed by atoms with E-state index >= 15 is 0 Å². The first-order chi connectivity index (χ1) is 9.40. The van der Waals surface area contributed by atoms with Gasteiger partial charge in [0.25, 0.3) is 5.69 Å². The normalized spacial score (nSPS) is 12.0. The van der Waals surface area contributed by atoms with Gasteiger partial charge in [0.05, 0.1) is 4.92 Å². The molecule has 0 spiro atoms. The molecular formula is C13H19N3O4. The Hall–Kier alpha value is -2.15. The molecule has 0 aromatic heterocycles. The van der Waals surface area contributed by atoms with E-state index in [-0.39, 0.29) is 24.3 Å². The topological polar surface area (TPSA) is 107 Å². The summed E-state index contributed by atoms with van der Waals surface area (Å²) >= 11 is 0. The number of nitro benzene ring substituents is 1. The van der Waals surface area contributed by atoms with Crippen molar-refractivity contribution >= 4 is 11.8 Å². The summed E-state index contributed by atoms with van der Waals surface area (Å²) in [6, 6.07) is 5.70. The fourth-order valence-corrected chi connectivity index (χ4v) is 1.35. The summed E-state index contributed by atoms with van der Waals surface area (Å²) in [5.74, 6) is 0.268. The largest absolute Gasteiger partial charge is 0.445 e. The van der Waals surface area contributed by atoms with E-state index in [1.165, 1.54) is 12.1 Å². The molecule has 0 heterocycles. The van der Waals surface area contributed by atoms with Gasteiger partial charge in [0.2, 0.25) is 0 Å². The number of carbonyl (C=O) groups is 1.